The Balaban J connectivity index is 0.00000484. The molecule has 0 saturated carbocycles. The molecule has 0 aliphatic carbocycles. The summed E-state index contributed by atoms with van der Waals surface area (Å²) in [6, 6.07) is 4.82. The minimum absolute atomic E-state index is 0. The fraction of sp³-hybridized carbons (Fsp3) is 0.500. The molecule has 0 spiro atoms. The van der Waals surface area contributed by atoms with Crippen LogP contribution in [0.15, 0.2) is 29.2 Å². The van der Waals surface area contributed by atoms with E-state index in [1.165, 1.54) is 12.1 Å². The largest absolute Gasteiger partial charge is 0.341 e. The lowest BCUT2D eigenvalue weighted by molar-refractivity contribution is -0.125. The average molecular weight is 371 g/mol. The molecule has 0 aliphatic rings. The van der Waals surface area contributed by atoms with Gasteiger partial charge in [-0.25, -0.2) is 8.42 Å². The second kappa shape index (κ2) is 8.56. The monoisotopic (exact) mass is 370 g/mol. The molecule has 3 N–H and O–H groups in total. The molecule has 0 unspecified atom stereocenters. The maximum Gasteiger partial charge on any atom is 0.341 e. The molecular formula is C14H21ClF2N2O3S. The van der Waals surface area contributed by atoms with Crippen molar-refractivity contribution < 1.29 is 22.0 Å². The molecule has 1 amide bonds. The van der Waals surface area contributed by atoms with E-state index < -0.39 is 25.9 Å². The van der Waals surface area contributed by atoms with Gasteiger partial charge < -0.3 is 11.1 Å². The quantitative estimate of drug-likeness (QED) is 0.772. The van der Waals surface area contributed by atoms with Gasteiger partial charge in [0.1, 0.15) is 0 Å². The highest BCUT2D eigenvalue weighted by molar-refractivity contribution is 7.91. The zero-order valence-corrected chi connectivity index (χ0v) is 14.5. The predicted octanol–water partition coefficient (Wildman–Crippen LogP) is 2.81. The Hall–Kier alpha value is -1.25. The zero-order valence-electron chi connectivity index (χ0n) is 12.9. The topological polar surface area (TPSA) is 89.3 Å². The molecule has 0 bridgehead atoms. The van der Waals surface area contributed by atoms with Gasteiger partial charge in [0.05, 0.1) is 10.3 Å². The van der Waals surface area contributed by atoms with Crippen molar-refractivity contribution in [1.29, 1.82) is 0 Å². The van der Waals surface area contributed by atoms with E-state index in [4.69, 9.17) is 5.73 Å². The maximum absolute atomic E-state index is 12.6. The number of carbonyl (C=O) groups is 1. The molecule has 1 rings (SSSR count). The van der Waals surface area contributed by atoms with Crippen LogP contribution in [0.1, 0.15) is 26.7 Å². The summed E-state index contributed by atoms with van der Waals surface area (Å²) in [5, 5.41) is 2.56. The van der Waals surface area contributed by atoms with Crippen LogP contribution >= 0.6 is 12.4 Å². The minimum Gasteiger partial charge on any atom is -0.329 e. The van der Waals surface area contributed by atoms with Crippen molar-refractivity contribution in [2.75, 3.05) is 11.9 Å². The summed E-state index contributed by atoms with van der Waals surface area (Å²) in [5.74, 6) is -3.86. The van der Waals surface area contributed by atoms with Gasteiger partial charge >= 0.3 is 5.76 Å². The minimum atomic E-state index is -4.70. The Bertz CT molecular complexity index is 626. The summed E-state index contributed by atoms with van der Waals surface area (Å²) in [5.41, 5.74) is 5.04. The number of carbonyl (C=O) groups excluding carboxylic acids is 1. The zero-order chi connectivity index (χ0) is 17.0. The fourth-order valence-corrected chi connectivity index (χ4v) is 2.84. The highest BCUT2D eigenvalue weighted by atomic mass is 35.5. The summed E-state index contributed by atoms with van der Waals surface area (Å²) in [7, 11) is -4.70. The van der Waals surface area contributed by atoms with Gasteiger partial charge in [-0.2, -0.15) is 8.78 Å². The summed E-state index contributed by atoms with van der Waals surface area (Å²) in [6.45, 7) is 3.79. The lowest BCUT2D eigenvalue weighted by atomic mass is 9.81. The smallest absolute Gasteiger partial charge is 0.329 e. The van der Waals surface area contributed by atoms with Crippen LogP contribution in [0.2, 0.25) is 0 Å². The van der Waals surface area contributed by atoms with Crippen LogP contribution in [0.25, 0.3) is 0 Å². The molecule has 0 aliphatic heterocycles. The van der Waals surface area contributed by atoms with Crippen LogP contribution in [0.5, 0.6) is 0 Å². The molecular weight excluding hydrogens is 350 g/mol. The van der Waals surface area contributed by atoms with E-state index in [9.17, 15) is 22.0 Å². The number of amides is 1. The number of nitrogens with one attached hydrogen (secondary N) is 1. The Morgan fingerprint density at radius 2 is 1.87 bits per heavy atom. The number of hydrogen-bond donors (Lipinski definition) is 2. The summed E-state index contributed by atoms with van der Waals surface area (Å²) in [4.78, 5) is 11.8. The van der Waals surface area contributed by atoms with Gasteiger partial charge in [-0.1, -0.05) is 19.9 Å². The fourth-order valence-electron chi connectivity index (χ4n) is 2.07. The third-order valence-corrected chi connectivity index (χ3v) is 5.26. The molecule has 0 fully saturated rings. The number of alkyl halides is 2. The van der Waals surface area contributed by atoms with E-state index in [2.05, 4.69) is 5.32 Å². The molecule has 0 heterocycles. The van der Waals surface area contributed by atoms with Gasteiger partial charge in [0, 0.05) is 12.2 Å². The molecule has 0 radical (unpaired) electrons. The molecule has 23 heavy (non-hydrogen) atoms. The van der Waals surface area contributed by atoms with Crippen molar-refractivity contribution in [2.45, 2.75) is 37.3 Å². The summed E-state index contributed by atoms with van der Waals surface area (Å²) >= 11 is 0. The maximum atomic E-state index is 12.6. The van der Waals surface area contributed by atoms with Crippen molar-refractivity contribution >= 4 is 33.8 Å². The molecule has 9 heteroatoms. The molecule has 0 saturated heterocycles. The lowest BCUT2D eigenvalue weighted by Gasteiger charge is -2.28. The first-order valence-electron chi connectivity index (χ1n) is 6.87. The first-order chi connectivity index (χ1) is 10.2. The third kappa shape index (κ3) is 4.62. The molecule has 132 valence electrons. The average Bonchev–Trinajstić information content (AvgIpc) is 2.49. The van der Waals surface area contributed by atoms with E-state index in [-0.39, 0.29) is 30.5 Å². The van der Waals surface area contributed by atoms with Crippen LogP contribution in [-0.4, -0.2) is 26.6 Å². The van der Waals surface area contributed by atoms with E-state index in [1.807, 2.05) is 13.8 Å². The number of halogens is 3. The number of hydrogen-bond acceptors (Lipinski definition) is 4. The molecule has 1 aromatic rings. The number of nitrogens with two attached hydrogens (primary N) is 1. The Labute approximate surface area is 141 Å². The first kappa shape index (κ1) is 21.8. The van der Waals surface area contributed by atoms with Gasteiger partial charge in [0.15, 0.2) is 0 Å². The molecule has 1 aromatic carbocycles. The van der Waals surface area contributed by atoms with Crippen molar-refractivity contribution in [3.63, 3.8) is 0 Å². The first-order valence-corrected chi connectivity index (χ1v) is 8.41. The second-order valence-electron chi connectivity index (χ2n) is 4.98. The Kier molecular flexibility index (Phi) is 8.09. The van der Waals surface area contributed by atoms with Crippen LogP contribution in [0.3, 0.4) is 0 Å². The van der Waals surface area contributed by atoms with Crippen molar-refractivity contribution in [1.82, 2.24) is 0 Å². The van der Waals surface area contributed by atoms with Crippen molar-refractivity contribution in [2.24, 2.45) is 11.1 Å². The predicted molar refractivity (Wildman–Crippen MR) is 87.6 cm³/mol. The number of rotatable bonds is 7. The van der Waals surface area contributed by atoms with Crippen LogP contribution in [0.4, 0.5) is 14.5 Å². The van der Waals surface area contributed by atoms with E-state index in [1.54, 1.807) is 0 Å². The van der Waals surface area contributed by atoms with Crippen LogP contribution < -0.4 is 11.1 Å². The van der Waals surface area contributed by atoms with Crippen LogP contribution in [0, 0.1) is 5.41 Å². The second-order valence-corrected chi connectivity index (χ2v) is 6.90. The van der Waals surface area contributed by atoms with Crippen molar-refractivity contribution in [3.05, 3.63) is 24.3 Å². The Morgan fingerprint density at radius 1 is 1.30 bits per heavy atom. The normalized spacial score (nSPS) is 11.9. The van der Waals surface area contributed by atoms with Crippen molar-refractivity contribution in [3.8, 4) is 0 Å². The summed E-state index contributed by atoms with van der Waals surface area (Å²) < 4.78 is 48.0. The highest BCUT2D eigenvalue weighted by Gasteiger charge is 2.33. The van der Waals surface area contributed by atoms with Gasteiger partial charge in [-0.05, 0) is 31.0 Å². The number of benzene rings is 1. The number of sulfone groups is 1. The molecule has 5 nitrogen and oxygen atoms in total. The van der Waals surface area contributed by atoms with E-state index >= 15 is 0 Å². The van der Waals surface area contributed by atoms with Crippen LogP contribution in [-0.2, 0) is 14.6 Å². The van der Waals surface area contributed by atoms with Gasteiger partial charge in [0.25, 0.3) is 0 Å². The molecule has 0 aromatic heterocycles. The number of anilines is 1. The lowest BCUT2D eigenvalue weighted by Crippen LogP contribution is -2.41. The SMILES string of the molecule is CCC(CC)(CN)C(=O)Nc1cccc(S(=O)(=O)C(F)F)c1.Cl. The molecule has 0 atom stereocenters. The summed E-state index contributed by atoms with van der Waals surface area (Å²) in [6.07, 6.45) is 1.03. The van der Waals surface area contributed by atoms with Gasteiger partial charge in [-0.15, -0.1) is 12.4 Å². The standard InChI is InChI=1S/C14H20F2N2O3S.ClH/c1-3-14(4-2,9-17)12(19)18-10-6-5-7-11(8-10)22(20,21)13(15)16;/h5-8,13H,3-4,9,17H2,1-2H3,(H,18,19);1H. The van der Waals surface area contributed by atoms with E-state index in [0.717, 1.165) is 12.1 Å². The Morgan fingerprint density at radius 3 is 2.30 bits per heavy atom. The van der Waals surface area contributed by atoms with Gasteiger partial charge in [-0.3, -0.25) is 4.79 Å². The highest BCUT2D eigenvalue weighted by Crippen LogP contribution is 2.28. The third-order valence-electron chi connectivity index (χ3n) is 3.88. The van der Waals surface area contributed by atoms with Gasteiger partial charge in [0.2, 0.25) is 15.7 Å². The van der Waals surface area contributed by atoms with E-state index in [0.29, 0.717) is 12.8 Å².